The van der Waals surface area contributed by atoms with E-state index >= 15 is 0 Å². The third-order valence-electron chi connectivity index (χ3n) is 0.412. The highest BCUT2D eigenvalue weighted by atomic mass is 33.1. The summed E-state index contributed by atoms with van der Waals surface area (Å²) >= 11 is 6.44. The molecule has 0 aromatic rings. The van der Waals surface area contributed by atoms with E-state index in [2.05, 4.69) is 92.1 Å². The topological polar surface area (TPSA) is 186 Å². The summed E-state index contributed by atoms with van der Waals surface area (Å²) in [7, 11) is 0. The van der Waals surface area contributed by atoms with Crippen molar-refractivity contribution in [2.45, 2.75) is 0 Å². The van der Waals surface area contributed by atoms with E-state index in [1.807, 2.05) is 0 Å². The summed E-state index contributed by atoms with van der Waals surface area (Å²) in [4.78, 5) is 0. The van der Waals surface area contributed by atoms with E-state index in [0.717, 1.165) is 0 Å². The van der Waals surface area contributed by atoms with Crippen LogP contribution in [-0.2, 0) is 0 Å². The average Bonchev–Trinajstić information content (AvgIpc) is 2.34. The van der Waals surface area contributed by atoms with Gasteiger partial charge in [-0.1, -0.05) is 5.22 Å². The van der Waals surface area contributed by atoms with Gasteiger partial charge in [-0.05, 0) is 52.2 Å². The van der Waals surface area contributed by atoms with Gasteiger partial charge in [0.1, 0.15) is 0 Å². The molecule has 0 spiro atoms. The van der Waals surface area contributed by atoms with Gasteiger partial charge in [-0.15, -0.1) is 23.3 Å². The lowest BCUT2D eigenvalue weighted by atomic mass is 12.3. The zero-order valence-corrected chi connectivity index (χ0v) is 8.63. The Bertz CT molecular complexity index is 254. The first kappa shape index (κ1) is 13.1. The minimum Gasteiger partial charge on any atom is -0.303 e. The molecule has 0 aliphatic carbocycles. The maximum atomic E-state index is 6.15. The number of hydrogen-bond donors (Lipinski definition) is 4. The van der Waals surface area contributed by atoms with Crippen molar-refractivity contribution in [2.24, 2.45) is 63.3 Å². The average molecular weight is 252 g/mol. The summed E-state index contributed by atoms with van der Waals surface area (Å²) < 4.78 is 6.15. The maximum absolute atomic E-state index is 6.15. The molecule has 3 N–H and O–H groups in total. The molecule has 0 atom stereocenters. The van der Waals surface area contributed by atoms with Crippen molar-refractivity contribution >= 4 is 23.3 Å². The molecule has 0 fully saturated rings. The fourth-order valence-electron chi connectivity index (χ4n) is 0.166. The van der Waals surface area contributed by atoms with Crippen LogP contribution in [0.2, 0.25) is 1.41 Å². The van der Waals surface area contributed by atoms with E-state index in [4.69, 9.17) is 1.41 Å². The van der Waals surface area contributed by atoms with Gasteiger partial charge >= 0.3 is 0 Å². The van der Waals surface area contributed by atoms with Crippen LogP contribution in [0.5, 0.6) is 0 Å². The summed E-state index contributed by atoms with van der Waals surface area (Å²) in [6, 6.07) is 0. The number of thiol groups is 2. The van der Waals surface area contributed by atoms with Crippen molar-refractivity contribution in [3.05, 3.63) is 0 Å². The van der Waals surface area contributed by atoms with Gasteiger partial charge in [0.15, 0.2) is 0 Å². The number of nitrogens with two attached hydrogens (primary N) is 1. The monoisotopic (exact) mass is 252 g/mol. The maximum Gasteiger partial charge on any atom is 0.216 e. The van der Waals surface area contributed by atoms with Crippen LogP contribution < -0.4 is 5.84 Å². The lowest BCUT2D eigenvalue weighted by Gasteiger charge is -1.67. The molecule has 0 heterocycles. The highest BCUT2D eigenvalue weighted by molar-refractivity contribution is 8.59. The smallest absolute Gasteiger partial charge is 0.216 e. The first-order valence-corrected chi connectivity index (χ1v) is 4.26. The second-order valence-electron chi connectivity index (χ2n) is 1.01. The molecule has 0 saturated heterocycles. The van der Waals surface area contributed by atoms with Gasteiger partial charge in [0.05, 0.1) is 0 Å². The van der Waals surface area contributed by atoms with E-state index in [1.165, 1.54) is 0 Å². The molecular formula is H5N13S2. The van der Waals surface area contributed by atoms with E-state index < -0.39 is 0 Å². The van der Waals surface area contributed by atoms with Gasteiger partial charge in [0.25, 0.3) is 0 Å². The van der Waals surface area contributed by atoms with Crippen molar-refractivity contribution in [1.29, 1.82) is 5.52 Å². The normalized spacial score (nSPS) is 13.6. The molecular weight excluding hydrogens is 246 g/mol. The van der Waals surface area contributed by atoms with Crippen LogP contribution >= 0.6 is 23.3 Å². The second kappa shape index (κ2) is 18.0. The van der Waals surface area contributed by atoms with Crippen LogP contribution in [0.25, 0.3) is 0 Å². The molecule has 0 radical (unpaired) electrons. The van der Waals surface area contributed by atoms with Crippen molar-refractivity contribution in [3.8, 4) is 0 Å². The van der Waals surface area contributed by atoms with Crippen LogP contribution in [0.3, 0.4) is 0 Å². The Labute approximate surface area is 94.2 Å². The zero-order chi connectivity index (χ0) is 12.5. The fourth-order valence-corrected chi connectivity index (χ4v) is 0.166. The molecule has 15 heavy (non-hydrogen) atoms. The van der Waals surface area contributed by atoms with Gasteiger partial charge in [0.2, 0.25) is 1.41 Å². The third-order valence-corrected chi connectivity index (χ3v) is 0.412. The van der Waals surface area contributed by atoms with Gasteiger partial charge in [-0.3, -0.25) is 0 Å². The first-order chi connectivity index (χ1) is 7.91. The quantitative estimate of drug-likeness (QED) is 0.189. The van der Waals surface area contributed by atoms with Crippen LogP contribution in [0.1, 0.15) is 0 Å². The predicted molar refractivity (Wildman–Crippen MR) is 51.6 cm³/mol. The summed E-state index contributed by atoms with van der Waals surface area (Å²) in [5.41, 5.74) is 2.49. The van der Waals surface area contributed by atoms with Gasteiger partial charge in [-0.25, -0.2) is 0 Å². The molecule has 0 saturated carbocycles. The lowest BCUT2D eigenvalue weighted by Crippen LogP contribution is -1.70. The minimum atomic E-state index is 2.49. The Balaban J connectivity index is 0. The lowest BCUT2D eigenvalue weighted by molar-refractivity contribution is 0.754. The molecule has 0 aliphatic rings. The summed E-state index contributed by atoms with van der Waals surface area (Å²) in [6.45, 7) is 0. The Morgan fingerprint density at radius 1 is 0.800 bits per heavy atom. The number of hydrogen-bond acceptors (Lipinski definition) is 4. The molecule has 0 rings (SSSR count). The largest absolute Gasteiger partial charge is 0.303 e. The van der Waals surface area contributed by atoms with E-state index in [9.17, 15) is 0 Å². The molecule has 0 aromatic heterocycles. The highest BCUT2D eigenvalue weighted by Gasteiger charge is 1.67. The fraction of sp³-hybridized carbons (Fsp3) is 0. The Morgan fingerprint density at radius 3 is 1.60 bits per heavy atom. The molecule has 82 valence electrons. The number of nitrogens with one attached hydrogen (secondary N) is 1. The Hall–Kier alpha value is -1.90. The zero-order valence-electron chi connectivity index (χ0n) is 7.84. The molecule has 0 aromatic carbocycles. The third kappa shape index (κ3) is 18.8. The molecule has 0 unspecified atom stereocenters. The van der Waals surface area contributed by atoms with Crippen LogP contribution in [0.4, 0.5) is 0 Å². The van der Waals surface area contributed by atoms with Crippen molar-refractivity contribution in [1.82, 2.24) is 0 Å². The minimum absolute atomic E-state index is 2.49. The molecule has 0 bridgehead atoms. The molecule has 0 amide bonds. The highest BCUT2D eigenvalue weighted by Crippen LogP contribution is 1.85. The molecule has 0 aliphatic heterocycles. The van der Waals surface area contributed by atoms with Crippen LogP contribution in [0, 0.1) is 5.52 Å². The standard InChI is InChI=1S/H3N13.H2S2/c1-3-5-7-9-11-13-12-10-8-6-4-2;1-2/h(H3,1,2,5,6,9,10,13);1-2H/i/hD. The molecule has 13 nitrogen and oxygen atoms in total. The first-order valence-electron chi connectivity index (χ1n) is 3.11. The number of nitrogens with zero attached hydrogens (tertiary/aromatic N) is 11. The molecule has 15 heteroatoms. The van der Waals surface area contributed by atoms with Crippen LogP contribution in [0.15, 0.2) is 57.5 Å². The predicted octanol–water partition coefficient (Wildman–Crippen LogP) is 2.49. The Kier molecular flexibility index (Phi) is 15.7. The van der Waals surface area contributed by atoms with Gasteiger partial charge in [-0.2, -0.15) is 5.52 Å². The van der Waals surface area contributed by atoms with Crippen LogP contribution in [-0.4, -0.2) is 0 Å². The summed E-state index contributed by atoms with van der Waals surface area (Å²) in [5.74, 6) is 4.57. The van der Waals surface area contributed by atoms with Crippen molar-refractivity contribution in [2.75, 3.05) is 0 Å². The van der Waals surface area contributed by atoms with E-state index in [1.54, 1.807) is 0 Å². The SMILES string of the molecule is SS.[2H]N=N/N=N/N=N/N=N/N=N/N=N/N. The van der Waals surface area contributed by atoms with E-state index in [0.29, 0.717) is 0 Å². The van der Waals surface area contributed by atoms with Gasteiger partial charge < -0.3 is 5.84 Å². The Morgan fingerprint density at radius 2 is 1.20 bits per heavy atom. The van der Waals surface area contributed by atoms with Crippen molar-refractivity contribution in [3.63, 3.8) is 0 Å². The number of rotatable bonds is 5. The van der Waals surface area contributed by atoms with Gasteiger partial charge in [0, 0.05) is 0 Å². The van der Waals surface area contributed by atoms with E-state index in [-0.39, 0.29) is 0 Å². The summed E-state index contributed by atoms with van der Waals surface area (Å²) in [5, 5.41) is 31.8. The summed E-state index contributed by atoms with van der Waals surface area (Å²) in [6.07, 6.45) is 0. The second-order valence-corrected chi connectivity index (χ2v) is 1.01. The van der Waals surface area contributed by atoms with Crippen molar-refractivity contribution < 1.29 is 1.41 Å².